The average molecular weight is 268 g/mol. The topological polar surface area (TPSA) is 78.4 Å². The maximum atomic E-state index is 11.6. The van der Waals surface area contributed by atoms with Gasteiger partial charge in [0.2, 0.25) is 0 Å². The molecule has 0 radical (unpaired) electrons. The molecule has 1 fully saturated rings. The molecule has 98 valence electrons. The molecule has 0 aliphatic heterocycles. The van der Waals surface area contributed by atoms with E-state index in [9.17, 15) is 9.59 Å². The van der Waals surface area contributed by atoms with Crippen molar-refractivity contribution in [3.8, 4) is 0 Å². The van der Waals surface area contributed by atoms with Gasteiger partial charge in [-0.15, -0.1) is 11.3 Å². The molecule has 1 aromatic heterocycles. The van der Waals surface area contributed by atoms with Crippen LogP contribution in [0.5, 0.6) is 0 Å². The van der Waals surface area contributed by atoms with E-state index >= 15 is 0 Å². The predicted octanol–water partition coefficient (Wildman–Crippen LogP) is 1.80. The molecule has 0 spiro atoms. The first-order valence-corrected chi connectivity index (χ1v) is 6.82. The van der Waals surface area contributed by atoms with Crippen LogP contribution in [-0.4, -0.2) is 23.1 Å². The van der Waals surface area contributed by atoms with Crippen molar-refractivity contribution in [2.75, 3.05) is 0 Å². The molecule has 1 aliphatic rings. The summed E-state index contributed by atoms with van der Waals surface area (Å²) in [7, 11) is 0. The summed E-state index contributed by atoms with van der Waals surface area (Å²) in [4.78, 5) is 23.5. The molecule has 2 rings (SSSR count). The van der Waals surface area contributed by atoms with Crippen LogP contribution >= 0.6 is 11.3 Å². The standard InChI is InChI=1S/C12H16N2O3S/c15-11(16)8-3-4-9(6-8)14-12(17)13-7-10-2-1-5-18-10/h1-2,5,8-9H,3-4,6-7H2,(H,15,16)(H2,13,14,17)/t8-,9+/m1/s1. The molecule has 0 unspecified atom stereocenters. The first-order valence-electron chi connectivity index (χ1n) is 5.94. The third-order valence-corrected chi connectivity index (χ3v) is 4.00. The van der Waals surface area contributed by atoms with Gasteiger partial charge in [-0.2, -0.15) is 0 Å². The van der Waals surface area contributed by atoms with Crippen LogP contribution in [0.2, 0.25) is 0 Å². The van der Waals surface area contributed by atoms with Crippen molar-refractivity contribution < 1.29 is 14.7 Å². The Morgan fingerprint density at radius 1 is 1.44 bits per heavy atom. The van der Waals surface area contributed by atoms with Crippen LogP contribution in [0.15, 0.2) is 17.5 Å². The van der Waals surface area contributed by atoms with Crippen LogP contribution in [-0.2, 0) is 11.3 Å². The minimum absolute atomic E-state index is 0.0190. The monoisotopic (exact) mass is 268 g/mol. The van der Waals surface area contributed by atoms with Gasteiger partial charge in [-0.1, -0.05) is 6.07 Å². The lowest BCUT2D eigenvalue weighted by Gasteiger charge is -2.13. The van der Waals surface area contributed by atoms with E-state index in [1.807, 2.05) is 17.5 Å². The fourth-order valence-electron chi connectivity index (χ4n) is 2.15. The van der Waals surface area contributed by atoms with E-state index in [4.69, 9.17) is 5.11 Å². The molecular formula is C12H16N2O3S. The molecule has 2 atom stereocenters. The molecular weight excluding hydrogens is 252 g/mol. The number of aliphatic carboxylic acids is 1. The van der Waals surface area contributed by atoms with Gasteiger partial charge < -0.3 is 15.7 Å². The largest absolute Gasteiger partial charge is 0.481 e. The van der Waals surface area contributed by atoms with Crippen LogP contribution in [0, 0.1) is 5.92 Å². The maximum absolute atomic E-state index is 11.6. The molecule has 18 heavy (non-hydrogen) atoms. The quantitative estimate of drug-likeness (QED) is 0.779. The first-order chi connectivity index (χ1) is 8.65. The molecule has 5 nitrogen and oxygen atoms in total. The van der Waals surface area contributed by atoms with Crippen molar-refractivity contribution in [1.29, 1.82) is 0 Å². The Hall–Kier alpha value is -1.56. The number of carboxylic acid groups (broad SMARTS) is 1. The molecule has 0 aromatic carbocycles. The van der Waals surface area contributed by atoms with Gasteiger partial charge in [0.05, 0.1) is 12.5 Å². The molecule has 6 heteroatoms. The highest BCUT2D eigenvalue weighted by atomic mass is 32.1. The van der Waals surface area contributed by atoms with Gasteiger partial charge in [0.15, 0.2) is 0 Å². The summed E-state index contributed by atoms with van der Waals surface area (Å²) in [5.41, 5.74) is 0. The van der Waals surface area contributed by atoms with Crippen molar-refractivity contribution in [1.82, 2.24) is 10.6 Å². The molecule has 1 heterocycles. The van der Waals surface area contributed by atoms with E-state index in [1.165, 1.54) is 0 Å². The third-order valence-electron chi connectivity index (χ3n) is 3.12. The lowest BCUT2D eigenvalue weighted by atomic mass is 10.1. The Balaban J connectivity index is 1.70. The first kappa shape index (κ1) is 12.9. The van der Waals surface area contributed by atoms with Crippen LogP contribution in [0.25, 0.3) is 0 Å². The summed E-state index contributed by atoms with van der Waals surface area (Å²) >= 11 is 1.59. The van der Waals surface area contributed by atoms with Gasteiger partial charge in [0.1, 0.15) is 0 Å². The second kappa shape index (κ2) is 5.86. The van der Waals surface area contributed by atoms with E-state index in [0.717, 1.165) is 11.3 Å². The number of carboxylic acids is 1. The molecule has 1 aromatic rings. The summed E-state index contributed by atoms with van der Waals surface area (Å²) in [5, 5.41) is 16.4. The summed E-state index contributed by atoms with van der Waals surface area (Å²) in [6, 6.07) is 3.66. The Morgan fingerprint density at radius 2 is 2.28 bits per heavy atom. The minimum Gasteiger partial charge on any atom is -0.481 e. The van der Waals surface area contributed by atoms with Gasteiger partial charge in [-0.25, -0.2) is 4.79 Å². The fraction of sp³-hybridized carbons (Fsp3) is 0.500. The molecule has 0 bridgehead atoms. The zero-order valence-corrected chi connectivity index (χ0v) is 10.7. The second-order valence-electron chi connectivity index (χ2n) is 4.45. The van der Waals surface area contributed by atoms with Crippen molar-refractivity contribution in [2.45, 2.75) is 31.8 Å². The van der Waals surface area contributed by atoms with E-state index < -0.39 is 5.97 Å². The highest BCUT2D eigenvalue weighted by Gasteiger charge is 2.30. The van der Waals surface area contributed by atoms with Crippen molar-refractivity contribution in [2.24, 2.45) is 5.92 Å². The van der Waals surface area contributed by atoms with E-state index in [-0.39, 0.29) is 18.0 Å². The highest BCUT2D eigenvalue weighted by Crippen LogP contribution is 2.25. The fourth-order valence-corrected chi connectivity index (χ4v) is 2.80. The number of carbonyl (C=O) groups excluding carboxylic acids is 1. The number of hydrogen-bond acceptors (Lipinski definition) is 3. The Bertz CT molecular complexity index is 419. The molecule has 0 saturated heterocycles. The number of thiophene rings is 1. The lowest BCUT2D eigenvalue weighted by Crippen LogP contribution is -2.40. The maximum Gasteiger partial charge on any atom is 0.315 e. The normalized spacial score (nSPS) is 22.7. The van der Waals surface area contributed by atoms with Crippen molar-refractivity contribution in [3.63, 3.8) is 0 Å². The number of hydrogen-bond donors (Lipinski definition) is 3. The number of rotatable bonds is 4. The average Bonchev–Trinajstić information content (AvgIpc) is 2.96. The summed E-state index contributed by atoms with van der Waals surface area (Å²) in [5.74, 6) is -1.08. The summed E-state index contributed by atoms with van der Waals surface area (Å²) in [6.45, 7) is 0.512. The predicted molar refractivity (Wildman–Crippen MR) is 68.5 cm³/mol. The molecule has 1 saturated carbocycles. The smallest absolute Gasteiger partial charge is 0.315 e. The number of amides is 2. The zero-order valence-electron chi connectivity index (χ0n) is 9.89. The third kappa shape index (κ3) is 3.46. The van der Waals surface area contributed by atoms with E-state index in [2.05, 4.69) is 10.6 Å². The molecule has 1 aliphatic carbocycles. The van der Waals surface area contributed by atoms with E-state index in [0.29, 0.717) is 19.4 Å². The van der Waals surface area contributed by atoms with E-state index in [1.54, 1.807) is 11.3 Å². The SMILES string of the molecule is O=C(NCc1cccs1)N[C@H]1CC[C@@H](C(=O)O)C1. The van der Waals surface area contributed by atoms with Gasteiger partial charge in [-0.05, 0) is 30.7 Å². The van der Waals surface area contributed by atoms with Crippen molar-refractivity contribution in [3.05, 3.63) is 22.4 Å². The summed E-state index contributed by atoms with van der Waals surface area (Å²) < 4.78 is 0. The van der Waals surface area contributed by atoms with Crippen LogP contribution < -0.4 is 10.6 Å². The second-order valence-corrected chi connectivity index (χ2v) is 5.48. The number of nitrogens with one attached hydrogen (secondary N) is 2. The van der Waals surface area contributed by atoms with Crippen LogP contribution in [0.3, 0.4) is 0 Å². The van der Waals surface area contributed by atoms with Gasteiger partial charge in [0.25, 0.3) is 0 Å². The lowest BCUT2D eigenvalue weighted by molar-refractivity contribution is -0.141. The zero-order chi connectivity index (χ0) is 13.0. The highest BCUT2D eigenvalue weighted by molar-refractivity contribution is 7.09. The van der Waals surface area contributed by atoms with Gasteiger partial charge in [-0.3, -0.25) is 4.79 Å². The Kier molecular flexibility index (Phi) is 4.19. The van der Waals surface area contributed by atoms with Gasteiger partial charge in [0, 0.05) is 10.9 Å². The van der Waals surface area contributed by atoms with Crippen molar-refractivity contribution >= 4 is 23.3 Å². The van der Waals surface area contributed by atoms with Gasteiger partial charge >= 0.3 is 12.0 Å². The minimum atomic E-state index is -0.765. The Labute approximate surface area is 109 Å². The number of urea groups is 1. The summed E-state index contributed by atoms with van der Waals surface area (Å²) in [6.07, 6.45) is 1.91. The molecule has 2 amide bonds. The Morgan fingerprint density at radius 3 is 2.89 bits per heavy atom. The molecule has 3 N–H and O–H groups in total. The van der Waals surface area contributed by atoms with Crippen LogP contribution in [0.1, 0.15) is 24.1 Å². The van der Waals surface area contributed by atoms with Crippen LogP contribution in [0.4, 0.5) is 4.79 Å². The number of carbonyl (C=O) groups is 2.